The van der Waals surface area contributed by atoms with Gasteiger partial charge in [-0.25, -0.2) is 0 Å². The molecule has 10 aromatic carbocycles. The molecule has 3 heteroatoms. The topological polar surface area (TPSA) is 73.7 Å². The summed E-state index contributed by atoms with van der Waals surface area (Å²) in [5.41, 5.74) is 26.0. The van der Waals surface area contributed by atoms with E-state index in [1.807, 2.05) is 42.5 Å². The van der Waals surface area contributed by atoms with Crippen molar-refractivity contribution in [3.05, 3.63) is 309 Å². The second kappa shape index (κ2) is 20.9. The van der Waals surface area contributed by atoms with Crippen molar-refractivity contribution >= 4 is 23.3 Å². The molecular formula is C69H63N3. The third kappa shape index (κ3) is 8.99. The number of hydrogen-bond acceptors (Lipinski definition) is 2. The lowest BCUT2D eigenvalue weighted by Crippen LogP contribution is -2.40. The quantitative estimate of drug-likeness (QED) is 0.113. The van der Waals surface area contributed by atoms with Crippen molar-refractivity contribution in [2.45, 2.75) is 57.3 Å². The Morgan fingerprint density at radius 1 is 0.431 bits per heavy atom. The van der Waals surface area contributed by atoms with Crippen LogP contribution in [0.4, 0.5) is 0 Å². The SMILES string of the molecule is C=N.CC(c1ccccc1)c1ccc2c(c1)-c1c(C(C)c3ccccc3)cccc1C21c2ccccc2C(C)(C)c2ccccc21.Cc1ccc2ccccc2c1.N=C(N)c1ccc(-c2ccccc2)cc1. The Labute approximate surface area is 426 Å². The van der Waals surface area contributed by atoms with Crippen molar-refractivity contribution < 1.29 is 0 Å². The minimum atomic E-state index is -0.381. The Morgan fingerprint density at radius 3 is 1.50 bits per heavy atom. The second-order valence-corrected chi connectivity index (χ2v) is 19.5. The third-order valence-electron chi connectivity index (χ3n) is 15.0. The molecule has 3 nitrogen and oxygen atoms in total. The number of benzene rings is 10. The number of nitrogens with one attached hydrogen (secondary N) is 2. The van der Waals surface area contributed by atoms with Crippen LogP contribution >= 0.6 is 0 Å². The molecule has 2 atom stereocenters. The summed E-state index contributed by atoms with van der Waals surface area (Å²) in [5, 5.41) is 15.4. The van der Waals surface area contributed by atoms with Gasteiger partial charge in [0.25, 0.3) is 0 Å². The average Bonchev–Trinajstić information content (AvgIpc) is 3.74. The van der Waals surface area contributed by atoms with Gasteiger partial charge in [0.05, 0.1) is 5.41 Å². The van der Waals surface area contributed by atoms with E-state index < -0.39 is 0 Å². The maximum atomic E-state index is 7.29. The Balaban J connectivity index is 0.000000185. The molecule has 12 rings (SSSR count). The van der Waals surface area contributed by atoms with Gasteiger partial charge in [0, 0.05) is 22.8 Å². The molecular weight excluding hydrogens is 871 g/mol. The van der Waals surface area contributed by atoms with Gasteiger partial charge in [0.15, 0.2) is 0 Å². The Kier molecular flexibility index (Phi) is 14.1. The number of nitrogens with two attached hydrogens (primary N) is 1. The van der Waals surface area contributed by atoms with E-state index in [9.17, 15) is 0 Å². The zero-order chi connectivity index (χ0) is 50.4. The van der Waals surface area contributed by atoms with Crippen molar-refractivity contribution in [3.8, 4) is 22.3 Å². The van der Waals surface area contributed by atoms with E-state index in [1.165, 1.54) is 88.7 Å². The smallest absolute Gasteiger partial charge is 0.122 e. The van der Waals surface area contributed by atoms with Crippen LogP contribution in [0.15, 0.2) is 243 Å². The molecule has 0 aromatic heterocycles. The lowest BCUT2D eigenvalue weighted by atomic mass is 9.55. The monoisotopic (exact) mass is 934 g/mol. The van der Waals surface area contributed by atoms with Crippen LogP contribution in [-0.2, 0) is 10.8 Å². The first kappa shape index (κ1) is 48.6. The zero-order valence-corrected chi connectivity index (χ0v) is 42.0. The average molecular weight is 934 g/mol. The van der Waals surface area contributed by atoms with E-state index in [2.05, 4.69) is 242 Å². The fourth-order valence-electron chi connectivity index (χ4n) is 11.3. The molecule has 0 radical (unpaired) electrons. The molecule has 0 fully saturated rings. The molecule has 2 aliphatic rings. The predicted molar refractivity (Wildman–Crippen MR) is 305 cm³/mol. The maximum absolute atomic E-state index is 7.29. The van der Waals surface area contributed by atoms with Crippen LogP contribution in [0.25, 0.3) is 33.0 Å². The van der Waals surface area contributed by atoms with Gasteiger partial charge >= 0.3 is 0 Å². The van der Waals surface area contributed by atoms with Gasteiger partial charge in [-0.15, -0.1) is 0 Å². The lowest BCUT2D eigenvalue weighted by Gasteiger charge is -2.46. The predicted octanol–water partition coefficient (Wildman–Crippen LogP) is 17.0. The standard InChI is InChI=1S/C44H38.C13H12N2.C11H10.CH3N/c1-29(31-16-7-5-8-17-31)33-26-27-36-35(28-33)42-34(30(2)32-18-9-6-10-19-32)20-15-25-41(42)44(36)39-23-13-11-21-37(39)43(3,4)38-22-12-14-24-40(38)44;14-13(15)12-8-6-11(7-9-12)10-4-2-1-3-5-10;1-9-6-7-10-4-2-3-5-11(10)8-9;1-2/h5-30H,1-4H3;1-9H,(H3,14,15);2-8H,1H3;2H,1H2. The van der Waals surface area contributed by atoms with Crippen LogP contribution in [0.3, 0.4) is 0 Å². The number of amidine groups is 1. The molecule has 0 bridgehead atoms. The van der Waals surface area contributed by atoms with Crippen molar-refractivity contribution in [1.82, 2.24) is 0 Å². The highest BCUT2D eigenvalue weighted by molar-refractivity contribution is 5.95. The molecule has 2 aliphatic carbocycles. The van der Waals surface area contributed by atoms with Gasteiger partial charge in [-0.2, -0.15) is 0 Å². The molecule has 0 aliphatic heterocycles. The highest BCUT2D eigenvalue weighted by Crippen LogP contribution is 2.63. The first-order valence-corrected chi connectivity index (χ1v) is 25.0. The van der Waals surface area contributed by atoms with Crippen LogP contribution in [0.1, 0.15) is 106 Å². The number of aryl methyl sites for hydroxylation is 1. The van der Waals surface area contributed by atoms with Crippen LogP contribution in [0, 0.1) is 17.7 Å². The zero-order valence-electron chi connectivity index (χ0n) is 42.0. The number of fused-ring (bicyclic) bond motifs is 10. The first-order valence-electron chi connectivity index (χ1n) is 25.0. The molecule has 1 spiro atoms. The lowest BCUT2D eigenvalue weighted by molar-refractivity contribution is 0.563. The molecule has 10 aromatic rings. The molecule has 2 unspecified atom stereocenters. The van der Waals surface area contributed by atoms with E-state index in [-0.39, 0.29) is 22.6 Å². The molecule has 0 saturated heterocycles. The van der Waals surface area contributed by atoms with Crippen LogP contribution in [0.2, 0.25) is 0 Å². The summed E-state index contributed by atoms with van der Waals surface area (Å²) in [7, 11) is 0. The summed E-state index contributed by atoms with van der Waals surface area (Å²) in [4.78, 5) is 0. The molecule has 4 N–H and O–H groups in total. The Hall–Kier alpha value is -8.40. The van der Waals surface area contributed by atoms with Gasteiger partial charge in [-0.1, -0.05) is 276 Å². The summed E-state index contributed by atoms with van der Waals surface area (Å²) in [6.45, 7) is 14.1. The van der Waals surface area contributed by atoms with E-state index in [1.54, 1.807) is 0 Å². The van der Waals surface area contributed by atoms with Crippen LogP contribution in [0.5, 0.6) is 0 Å². The summed E-state index contributed by atoms with van der Waals surface area (Å²) in [6, 6.07) is 87.6. The fraction of sp³-hybridized carbons (Fsp3) is 0.130. The van der Waals surface area contributed by atoms with Crippen molar-refractivity contribution in [2.75, 3.05) is 0 Å². The van der Waals surface area contributed by atoms with Crippen molar-refractivity contribution in [2.24, 2.45) is 5.73 Å². The van der Waals surface area contributed by atoms with Gasteiger partial charge in [0.1, 0.15) is 5.84 Å². The summed E-state index contributed by atoms with van der Waals surface area (Å²) < 4.78 is 0. The minimum absolute atomic E-state index is 0.0991. The van der Waals surface area contributed by atoms with E-state index in [4.69, 9.17) is 16.6 Å². The molecule has 72 heavy (non-hydrogen) atoms. The Morgan fingerprint density at radius 2 is 0.917 bits per heavy atom. The third-order valence-corrected chi connectivity index (χ3v) is 15.0. The molecule has 354 valence electrons. The normalized spacial score (nSPS) is 13.7. The van der Waals surface area contributed by atoms with Crippen molar-refractivity contribution in [3.63, 3.8) is 0 Å². The first-order chi connectivity index (χ1) is 35.1. The highest BCUT2D eigenvalue weighted by Gasteiger charge is 2.53. The van der Waals surface area contributed by atoms with Gasteiger partial charge in [-0.05, 0) is 102 Å². The van der Waals surface area contributed by atoms with Gasteiger partial charge < -0.3 is 11.1 Å². The number of nitrogen functional groups attached to an aromatic ring is 1. The fourth-order valence-corrected chi connectivity index (χ4v) is 11.3. The van der Waals surface area contributed by atoms with E-state index in [0.717, 1.165) is 11.1 Å². The van der Waals surface area contributed by atoms with Gasteiger partial charge in [0.2, 0.25) is 0 Å². The number of hydrogen-bond donors (Lipinski definition) is 3. The van der Waals surface area contributed by atoms with E-state index >= 15 is 0 Å². The molecule has 0 amide bonds. The van der Waals surface area contributed by atoms with Crippen LogP contribution in [-0.4, -0.2) is 12.6 Å². The summed E-state index contributed by atoms with van der Waals surface area (Å²) >= 11 is 0. The minimum Gasteiger partial charge on any atom is -0.384 e. The second-order valence-electron chi connectivity index (χ2n) is 19.5. The summed E-state index contributed by atoms with van der Waals surface area (Å²) in [5.74, 6) is 0.662. The largest absolute Gasteiger partial charge is 0.384 e. The van der Waals surface area contributed by atoms with Gasteiger partial charge in [-0.3, -0.25) is 5.41 Å². The maximum Gasteiger partial charge on any atom is 0.122 e. The molecule has 0 saturated carbocycles. The van der Waals surface area contributed by atoms with Crippen LogP contribution < -0.4 is 5.73 Å². The van der Waals surface area contributed by atoms with E-state index in [0.29, 0.717) is 5.92 Å². The highest BCUT2D eigenvalue weighted by atomic mass is 14.7. The van der Waals surface area contributed by atoms with Crippen molar-refractivity contribution in [1.29, 1.82) is 10.8 Å². The number of rotatable bonds is 6. The molecule has 0 heterocycles. The Bertz CT molecular complexity index is 3430. The summed E-state index contributed by atoms with van der Waals surface area (Å²) in [6.07, 6.45) is 0.